The van der Waals surface area contributed by atoms with Crippen molar-refractivity contribution in [2.24, 2.45) is 0 Å². The summed E-state index contributed by atoms with van der Waals surface area (Å²) in [6.45, 7) is 0.205. The number of aromatic nitrogens is 2. The molecule has 0 aliphatic heterocycles. The number of ether oxygens (including phenoxy) is 1. The van der Waals surface area contributed by atoms with Crippen molar-refractivity contribution in [3.63, 3.8) is 0 Å². The predicted molar refractivity (Wildman–Crippen MR) is 92.4 cm³/mol. The SMILES string of the molecule is COC(=O)c1ccc(NC(=O)Nc2ccn(CCS(C)(=O)=O)n2)cc1. The summed E-state index contributed by atoms with van der Waals surface area (Å²) in [5.41, 5.74) is 0.861. The Morgan fingerprint density at radius 2 is 1.84 bits per heavy atom. The van der Waals surface area contributed by atoms with Gasteiger partial charge in [0.15, 0.2) is 5.82 Å². The molecule has 2 amide bonds. The van der Waals surface area contributed by atoms with Crippen molar-refractivity contribution in [2.45, 2.75) is 6.54 Å². The van der Waals surface area contributed by atoms with Crippen LogP contribution in [0.2, 0.25) is 0 Å². The van der Waals surface area contributed by atoms with Crippen molar-refractivity contribution in [2.75, 3.05) is 29.8 Å². The molecule has 0 saturated carbocycles. The molecule has 1 heterocycles. The molecule has 2 aromatic rings. The Balaban J connectivity index is 1.90. The summed E-state index contributed by atoms with van der Waals surface area (Å²) in [5, 5.41) is 9.19. The summed E-state index contributed by atoms with van der Waals surface area (Å²) < 4.78 is 28.3. The topological polar surface area (TPSA) is 119 Å². The van der Waals surface area contributed by atoms with Crippen molar-refractivity contribution < 1.29 is 22.7 Å². The van der Waals surface area contributed by atoms with Crippen LogP contribution in [-0.4, -0.2) is 49.3 Å². The molecule has 10 heteroatoms. The van der Waals surface area contributed by atoms with Crippen LogP contribution in [-0.2, 0) is 21.1 Å². The van der Waals surface area contributed by atoms with E-state index in [-0.39, 0.29) is 18.1 Å². The van der Waals surface area contributed by atoms with E-state index in [1.165, 1.54) is 23.9 Å². The first-order valence-electron chi connectivity index (χ1n) is 7.24. The number of anilines is 2. The lowest BCUT2D eigenvalue weighted by atomic mass is 10.2. The summed E-state index contributed by atoms with van der Waals surface area (Å²) in [6.07, 6.45) is 2.72. The Morgan fingerprint density at radius 3 is 2.44 bits per heavy atom. The number of carbonyl (C=O) groups excluding carboxylic acids is 2. The van der Waals surface area contributed by atoms with Gasteiger partial charge >= 0.3 is 12.0 Å². The second kappa shape index (κ2) is 7.79. The normalized spacial score (nSPS) is 11.0. The Labute approximate surface area is 144 Å². The van der Waals surface area contributed by atoms with E-state index < -0.39 is 21.8 Å². The molecular weight excluding hydrogens is 348 g/mol. The molecule has 134 valence electrons. The van der Waals surface area contributed by atoms with E-state index in [0.717, 1.165) is 6.26 Å². The minimum absolute atomic E-state index is 0.0349. The first-order valence-corrected chi connectivity index (χ1v) is 9.30. The number of methoxy groups -OCH3 is 1. The third-order valence-corrected chi connectivity index (χ3v) is 4.06. The van der Waals surface area contributed by atoms with E-state index in [4.69, 9.17) is 0 Å². The van der Waals surface area contributed by atoms with Gasteiger partial charge in [-0.05, 0) is 24.3 Å². The lowest BCUT2D eigenvalue weighted by Crippen LogP contribution is -2.20. The van der Waals surface area contributed by atoms with Crippen LogP contribution in [0, 0.1) is 0 Å². The van der Waals surface area contributed by atoms with Crippen LogP contribution in [0.1, 0.15) is 10.4 Å². The van der Waals surface area contributed by atoms with Crippen molar-refractivity contribution in [3.8, 4) is 0 Å². The zero-order valence-electron chi connectivity index (χ0n) is 13.7. The number of hydrogen-bond acceptors (Lipinski definition) is 6. The summed E-state index contributed by atoms with van der Waals surface area (Å²) in [7, 11) is -1.79. The van der Waals surface area contributed by atoms with Gasteiger partial charge in [-0.15, -0.1) is 0 Å². The summed E-state index contributed by atoms with van der Waals surface area (Å²) in [6, 6.07) is 7.23. The minimum Gasteiger partial charge on any atom is -0.465 e. The third kappa shape index (κ3) is 5.92. The van der Waals surface area contributed by atoms with Crippen LogP contribution in [0.4, 0.5) is 16.3 Å². The number of carbonyl (C=O) groups is 2. The quantitative estimate of drug-likeness (QED) is 0.745. The molecule has 0 bridgehead atoms. The van der Waals surface area contributed by atoms with E-state index in [0.29, 0.717) is 11.3 Å². The summed E-state index contributed by atoms with van der Waals surface area (Å²) >= 11 is 0. The van der Waals surface area contributed by atoms with Crippen molar-refractivity contribution in [1.82, 2.24) is 9.78 Å². The van der Waals surface area contributed by atoms with Crippen LogP contribution in [0.5, 0.6) is 0 Å². The van der Waals surface area contributed by atoms with E-state index >= 15 is 0 Å². The molecule has 1 aromatic carbocycles. The average molecular weight is 366 g/mol. The molecule has 2 N–H and O–H groups in total. The molecule has 1 aromatic heterocycles. The molecule has 0 aliphatic rings. The monoisotopic (exact) mass is 366 g/mol. The fraction of sp³-hybridized carbons (Fsp3) is 0.267. The van der Waals surface area contributed by atoms with Gasteiger partial charge in [-0.1, -0.05) is 0 Å². The first kappa shape index (κ1) is 18.5. The van der Waals surface area contributed by atoms with Crippen LogP contribution in [0.25, 0.3) is 0 Å². The van der Waals surface area contributed by atoms with Gasteiger partial charge in [-0.2, -0.15) is 5.10 Å². The lowest BCUT2D eigenvalue weighted by Gasteiger charge is -2.06. The van der Waals surface area contributed by atoms with Gasteiger partial charge in [0.1, 0.15) is 9.84 Å². The van der Waals surface area contributed by atoms with E-state index in [2.05, 4.69) is 20.5 Å². The fourth-order valence-corrected chi connectivity index (χ4v) is 2.42. The van der Waals surface area contributed by atoms with Crippen molar-refractivity contribution in [3.05, 3.63) is 42.1 Å². The van der Waals surface area contributed by atoms with Gasteiger partial charge in [0.25, 0.3) is 0 Å². The van der Waals surface area contributed by atoms with Crippen LogP contribution < -0.4 is 10.6 Å². The largest absolute Gasteiger partial charge is 0.465 e. The molecule has 0 atom stereocenters. The maximum absolute atomic E-state index is 11.9. The molecule has 2 rings (SSSR count). The summed E-state index contributed by atoms with van der Waals surface area (Å²) in [5.74, 6) is -0.208. The van der Waals surface area contributed by atoms with Crippen molar-refractivity contribution in [1.29, 1.82) is 0 Å². The van der Waals surface area contributed by atoms with Crippen LogP contribution >= 0.6 is 0 Å². The smallest absolute Gasteiger partial charge is 0.337 e. The number of rotatable bonds is 6. The summed E-state index contributed by atoms with van der Waals surface area (Å²) in [4.78, 5) is 23.3. The Hall–Kier alpha value is -2.88. The molecule has 0 unspecified atom stereocenters. The first-order chi connectivity index (χ1) is 11.8. The minimum atomic E-state index is -3.08. The van der Waals surface area contributed by atoms with Gasteiger partial charge in [-0.3, -0.25) is 10.00 Å². The highest BCUT2D eigenvalue weighted by Gasteiger charge is 2.09. The maximum atomic E-state index is 11.9. The number of hydrogen-bond donors (Lipinski definition) is 2. The number of nitrogens with one attached hydrogen (secondary N) is 2. The lowest BCUT2D eigenvalue weighted by molar-refractivity contribution is 0.0600. The molecule has 0 saturated heterocycles. The Bertz CT molecular complexity index is 858. The number of amides is 2. The Kier molecular flexibility index (Phi) is 5.75. The maximum Gasteiger partial charge on any atom is 0.337 e. The van der Waals surface area contributed by atoms with Gasteiger partial charge in [-0.25, -0.2) is 18.0 Å². The highest BCUT2D eigenvalue weighted by Crippen LogP contribution is 2.11. The number of urea groups is 1. The number of esters is 1. The number of sulfone groups is 1. The van der Waals surface area contributed by atoms with Crippen LogP contribution in [0.3, 0.4) is 0 Å². The Morgan fingerprint density at radius 1 is 1.16 bits per heavy atom. The zero-order chi connectivity index (χ0) is 18.4. The van der Waals surface area contributed by atoms with Crippen LogP contribution in [0.15, 0.2) is 36.5 Å². The molecule has 0 aliphatic carbocycles. The molecule has 9 nitrogen and oxygen atoms in total. The van der Waals surface area contributed by atoms with Gasteiger partial charge in [0.2, 0.25) is 0 Å². The second-order valence-electron chi connectivity index (χ2n) is 5.24. The van der Waals surface area contributed by atoms with E-state index in [1.54, 1.807) is 24.4 Å². The van der Waals surface area contributed by atoms with Crippen molar-refractivity contribution >= 4 is 33.3 Å². The van der Waals surface area contributed by atoms with E-state index in [9.17, 15) is 18.0 Å². The predicted octanol–water partition coefficient (Wildman–Crippen LogP) is 1.36. The molecular formula is C15H18N4O5S. The average Bonchev–Trinajstić information content (AvgIpc) is 2.99. The fourth-order valence-electron chi connectivity index (χ4n) is 1.90. The highest BCUT2D eigenvalue weighted by molar-refractivity contribution is 7.90. The molecule has 0 fully saturated rings. The standard InChI is InChI=1S/C15H18N4O5S/c1-24-14(20)11-3-5-12(6-4-11)16-15(21)17-13-7-8-19(18-13)9-10-25(2,22)23/h3-8H,9-10H2,1-2H3,(H2,16,17,18,21). The highest BCUT2D eigenvalue weighted by atomic mass is 32.2. The molecule has 25 heavy (non-hydrogen) atoms. The van der Waals surface area contributed by atoms with Gasteiger partial charge < -0.3 is 10.1 Å². The number of nitrogens with zero attached hydrogens (tertiary/aromatic N) is 2. The van der Waals surface area contributed by atoms with Gasteiger partial charge in [0, 0.05) is 24.2 Å². The van der Waals surface area contributed by atoms with Gasteiger partial charge in [0.05, 0.1) is 25.0 Å². The number of aryl methyl sites for hydroxylation is 1. The van der Waals surface area contributed by atoms with E-state index in [1.807, 2.05) is 0 Å². The second-order valence-corrected chi connectivity index (χ2v) is 7.50. The molecule has 0 radical (unpaired) electrons. The zero-order valence-corrected chi connectivity index (χ0v) is 14.5. The number of benzene rings is 1. The molecule has 0 spiro atoms. The third-order valence-electron chi connectivity index (χ3n) is 3.14.